The van der Waals surface area contributed by atoms with Crippen molar-refractivity contribution in [1.82, 2.24) is 0 Å². The second-order valence-corrected chi connectivity index (χ2v) is 5.21. The second kappa shape index (κ2) is 5.19. The molecule has 0 radical (unpaired) electrons. The monoisotopic (exact) mass is 236 g/mol. The summed E-state index contributed by atoms with van der Waals surface area (Å²) >= 11 is 0. The van der Waals surface area contributed by atoms with Crippen molar-refractivity contribution in [3.63, 3.8) is 0 Å². The van der Waals surface area contributed by atoms with Crippen molar-refractivity contribution >= 4 is 0 Å². The van der Waals surface area contributed by atoms with Crippen LogP contribution in [0.15, 0.2) is 36.5 Å². The molecule has 0 amide bonds. The van der Waals surface area contributed by atoms with E-state index in [0.29, 0.717) is 0 Å². The summed E-state index contributed by atoms with van der Waals surface area (Å²) in [7, 11) is 0. The van der Waals surface area contributed by atoms with Crippen molar-refractivity contribution in [3.05, 3.63) is 36.5 Å². The zero-order chi connectivity index (χ0) is 13.2. The van der Waals surface area contributed by atoms with E-state index in [-0.39, 0.29) is 12.2 Å². The molecule has 0 spiro atoms. The number of rotatable bonds is 3. The molecule has 1 saturated heterocycles. The SMILES string of the molecule is C=C(C)C1CCC(C(=C)C)OC(C)(C(=C)C)O1. The molecular weight excluding hydrogens is 212 g/mol. The Kier molecular flexibility index (Phi) is 4.34. The van der Waals surface area contributed by atoms with Gasteiger partial charge < -0.3 is 9.47 Å². The van der Waals surface area contributed by atoms with Gasteiger partial charge in [-0.2, -0.15) is 0 Å². The zero-order valence-corrected chi connectivity index (χ0v) is 11.5. The third-order valence-electron chi connectivity index (χ3n) is 3.30. The van der Waals surface area contributed by atoms with Gasteiger partial charge in [-0.25, -0.2) is 0 Å². The average molecular weight is 236 g/mol. The predicted molar refractivity (Wildman–Crippen MR) is 71.8 cm³/mol. The highest BCUT2D eigenvalue weighted by atomic mass is 16.7. The Morgan fingerprint density at radius 1 is 0.941 bits per heavy atom. The Morgan fingerprint density at radius 3 is 1.53 bits per heavy atom. The van der Waals surface area contributed by atoms with Crippen LogP contribution in [0.3, 0.4) is 0 Å². The molecule has 2 unspecified atom stereocenters. The van der Waals surface area contributed by atoms with Crippen molar-refractivity contribution in [2.75, 3.05) is 0 Å². The molecule has 2 atom stereocenters. The fourth-order valence-corrected chi connectivity index (χ4v) is 1.89. The van der Waals surface area contributed by atoms with Crippen LogP contribution in [-0.4, -0.2) is 18.0 Å². The van der Waals surface area contributed by atoms with Crippen molar-refractivity contribution in [1.29, 1.82) is 0 Å². The summed E-state index contributed by atoms with van der Waals surface area (Å²) in [5, 5.41) is 0. The Labute approximate surface area is 105 Å². The molecule has 1 aliphatic rings. The van der Waals surface area contributed by atoms with Crippen LogP contribution in [0.1, 0.15) is 40.5 Å². The molecule has 0 saturated carbocycles. The Morgan fingerprint density at radius 2 is 1.29 bits per heavy atom. The van der Waals surface area contributed by atoms with E-state index in [9.17, 15) is 0 Å². The summed E-state index contributed by atoms with van der Waals surface area (Å²) in [5.41, 5.74) is 2.93. The highest BCUT2D eigenvalue weighted by Gasteiger charge is 2.37. The van der Waals surface area contributed by atoms with Crippen LogP contribution in [0.5, 0.6) is 0 Å². The summed E-state index contributed by atoms with van der Waals surface area (Å²) in [6.45, 7) is 19.8. The minimum atomic E-state index is -0.746. The molecule has 2 heteroatoms. The van der Waals surface area contributed by atoms with Gasteiger partial charge in [0, 0.05) is 0 Å². The molecular formula is C15H24O2. The van der Waals surface area contributed by atoms with Gasteiger partial charge >= 0.3 is 0 Å². The molecule has 17 heavy (non-hydrogen) atoms. The molecule has 0 aliphatic carbocycles. The predicted octanol–water partition coefficient (Wildman–Crippen LogP) is 4.00. The number of hydrogen-bond acceptors (Lipinski definition) is 2. The van der Waals surface area contributed by atoms with Gasteiger partial charge in [0.2, 0.25) is 0 Å². The minimum absolute atomic E-state index is 0.0287. The van der Waals surface area contributed by atoms with E-state index in [0.717, 1.165) is 29.6 Å². The maximum Gasteiger partial charge on any atom is 0.188 e. The maximum absolute atomic E-state index is 6.04. The molecule has 2 nitrogen and oxygen atoms in total. The maximum atomic E-state index is 6.04. The molecule has 1 fully saturated rings. The van der Waals surface area contributed by atoms with Crippen molar-refractivity contribution in [2.24, 2.45) is 0 Å². The highest BCUT2D eigenvalue weighted by molar-refractivity contribution is 5.11. The molecule has 96 valence electrons. The first-order valence-corrected chi connectivity index (χ1v) is 6.08. The standard InChI is InChI=1S/C15H24O2/c1-10(2)13-8-9-14(11(3)4)17-15(7,16-13)12(5)6/h13-14H,1,3,5,8-9H2,2,4,6-7H3. The molecule has 0 aromatic rings. The van der Waals surface area contributed by atoms with Gasteiger partial charge in [-0.1, -0.05) is 30.9 Å². The lowest BCUT2D eigenvalue weighted by atomic mass is 10.0. The average Bonchev–Trinajstić information content (AvgIpc) is 2.38. The lowest BCUT2D eigenvalue weighted by molar-refractivity contribution is -0.216. The summed E-state index contributed by atoms with van der Waals surface area (Å²) < 4.78 is 12.1. The molecule has 1 heterocycles. The molecule has 0 N–H and O–H groups in total. The van der Waals surface area contributed by atoms with Crippen molar-refractivity contribution in [2.45, 2.75) is 58.5 Å². The fourth-order valence-electron chi connectivity index (χ4n) is 1.89. The quantitative estimate of drug-likeness (QED) is 0.690. The lowest BCUT2D eigenvalue weighted by Crippen LogP contribution is -2.38. The highest BCUT2D eigenvalue weighted by Crippen LogP contribution is 2.34. The smallest absolute Gasteiger partial charge is 0.188 e. The van der Waals surface area contributed by atoms with Gasteiger partial charge in [-0.3, -0.25) is 0 Å². The zero-order valence-electron chi connectivity index (χ0n) is 11.5. The van der Waals surface area contributed by atoms with Crippen LogP contribution in [0.2, 0.25) is 0 Å². The van der Waals surface area contributed by atoms with Gasteiger partial charge in [0.15, 0.2) is 5.79 Å². The van der Waals surface area contributed by atoms with E-state index in [1.807, 2.05) is 27.7 Å². The van der Waals surface area contributed by atoms with Crippen LogP contribution in [-0.2, 0) is 9.47 Å². The van der Waals surface area contributed by atoms with Crippen LogP contribution in [0, 0.1) is 0 Å². The summed E-state index contributed by atoms with van der Waals surface area (Å²) in [6, 6.07) is 0. The van der Waals surface area contributed by atoms with Crippen LogP contribution in [0.4, 0.5) is 0 Å². The van der Waals surface area contributed by atoms with Gasteiger partial charge in [-0.05, 0) is 46.1 Å². The second-order valence-electron chi connectivity index (χ2n) is 5.21. The number of ether oxygens (including phenoxy) is 2. The van der Waals surface area contributed by atoms with E-state index in [2.05, 4.69) is 19.7 Å². The van der Waals surface area contributed by atoms with Crippen molar-refractivity contribution < 1.29 is 9.47 Å². The van der Waals surface area contributed by atoms with Crippen LogP contribution < -0.4 is 0 Å². The first-order chi connectivity index (χ1) is 7.76. The Hall–Kier alpha value is -0.860. The molecule has 1 aliphatic heterocycles. The van der Waals surface area contributed by atoms with E-state index in [1.165, 1.54) is 0 Å². The Bertz CT molecular complexity index is 317. The molecule has 0 aromatic heterocycles. The molecule has 0 aromatic carbocycles. The largest absolute Gasteiger partial charge is 0.339 e. The van der Waals surface area contributed by atoms with Crippen LogP contribution >= 0.6 is 0 Å². The topological polar surface area (TPSA) is 18.5 Å². The minimum Gasteiger partial charge on any atom is -0.339 e. The summed E-state index contributed by atoms with van der Waals surface area (Å²) in [5.74, 6) is -0.746. The molecule has 0 bridgehead atoms. The summed E-state index contributed by atoms with van der Waals surface area (Å²) in [4.78, 5) is 0. The summed E-state index contributed by atoms with van der Waals surface area (Å²) in [6.07, 6.45) is 1.88. The van der Waals surface area contributed by atoms with Gasteiger partial charge in [0.25, 0.3) is 0 Å². The third kappa shape index (κ3) is 3.30. The first-order valence-electron chi connectivity index (χ1n) is 6.08. The molecule has 1 rings (SSSR count). The Balaban J connectivity index is 2.98. The normalized spacial score (nSPS) is 33.9. The van der Waals surface area contributed by atoms with Crippen molar-refractivity contribution in [3.8, 4) is 0 Å². The first kappa shape index (κ1) is 14.2. The van der Waals surface area contributed by atoms with E-state index in [1.54, 1.807) is 0 Å². The van der Waals surface area contributed by atoms with Gasteiger partial charge in [-0.15, -0.1) is 0 Å². The number of hydrogen-bond donors (Lipinski definition) is 0. The van der Waals surface area contributed by atoms with E-state index < -0.39 is 5.79 Å². The van der Waals surface area contributed by atoms with Gasteiger partial charge in [0.1, 0.15) is 0 Å². The van der Waals surface area contributed by atoms with E-state index >= 15 is 0 Å². The van der Waals surface area contributed by atoms with E-state index in [4.69, 9.17) is 9.47 Å². The fraction of sp³-hybridized carbons (Fsp3) is 0.600. The lowest BCUT2D eigenvalue weighted by Gasteiger charge is -2.34. The third-order valence-corrected chi connectivity index (χ3v) is 3.30. The van der Waals surface area contributed by atoms with Crippen LogP contribution in [0.25, 0.3) is 0 Å². The van der Waals surface area contributed by atoms with Gasteiger partial charge in [0.05, 0.1) is 12.2 Å².